The van der Waals surface area contributed by atoms with Gasteiger partial charge in [0.15, 0.2) is 0 Å². The number of nitrogens with one attached hydrogen (secondary N) is 1. The zero-order valence-corrected chi connectivity index (χ0v) is 27.5. The average Bonchev–Trinajstić information content (AvgIpc) is 2.99. The van der Waals surface area contributed by atoms with Crippen molar-refractivity contribution in [3.05, 3.63) is 100 Å². The summed E-state index contributed by atoms with van der Waals surface area (Å²) in [6.45, 7) is 4.28. The van der Waals surface area contributed by atoms with Crippen LogP contribution in [0.5, 0.6) is 0 Å². The molecule has 1 aliphatic carbocycles. The molecule has 7 nitrogen and oxygen atoms in total. The van der Waals surface area contributed by atoms with Crippen LogP contribution in [0.2, 0.25) is 5.02 Å². The van der Waals surface area contributed by atoms with Crippen LogP contribution in [-0.4, -0.2) is 50.0 Å². The van der Waals surface area contributed by atoms with Gasteiger partial charge in [0.1, 0.15) is 6.04 Å². The molecule has 0 aromatic heterocycles. The summed E-state index contributed by atoms with van der Waals surface area (Å²) in [4.78, 5) is 29.7. The topological polar surface area (TPSA) is 86.8 Å². The first kappa shape index (κ1) is 33.5. The molecule has 3 aromatic rings. The van der Waals surface area contributed by atoms with Crippen molar-refractivity contribution < 1.29 is 18.0 Å². The van der Waals surface area contributed by atoms with Crippen LogP contribution < -0.4 is 9.62 Å². The first-order chi connectivity index (χ1) is 21.0. The van der Waals surface area contributed by atoms with Gasteiger partial charge < -0.3 is 10.2 Å². The summed E-state index contributed by atoms with van der Waals surface area (Å²) >= 11 is 6.30. The van der Waals surface area contributed by atoms with Gasteiger partial charge >= 0.3 is 0 Å². The number of nitrogens with zero attached hydrogens (tertiary/aromatic N) is 2. The Morgan fingerprint density at radius 2 is 1.61 bits per heavy atom. The van der Waals surface area contributed by atoms with Crippen LogP contribution in [0.25, 0.3) is 0 Å². The lowest BCUT2D eigenvalue weighted by atomic mass is 9.94. The highest BCUT2D eigenvalue weighted by molar-refractivity contribution is 7.92. The largest absolute Gasteiger partial charge is 0.352 e. The van der Waals surface area contributed by atoms with Crippen LogP contribution in [0, 0.1) is 13.8 Å². The van der Waals surface area contributed by atoms with Gasteiger partial charge in [-0.05, 0) is 79.6 Å². The molecule has 0 spiro atoms. The first-order valence-corrected chi connectivity index (χ1v) is 17.7. The van der Waals surface area contributed by atoms with Crippen LogP contribution in [-0.2, 0) is 32.6 Å². The highest BCUT2D eigenvalue weighted by Gasteiger charge is 2.32. The van der Waals surface area contributed by atoms with E-state index in [0.29, 0.717) is 23.6 Å². The molecule has 1 N–H and O–H groups in total. The lowest BCUT2D eigenvalue weighted by Crippen LogP contribution is -2.52. The van der Waals surface area contributed by atoms with E-state index >= 15 is 0 Å². The molecule has 9 heteroatoms. The third kappa shape index (κ3) is 9.57. The third-order valence-corrected chi connectivity index (χ3v) is 9.82. The van der Waals surface area contributed by atoms with Gasteiger partial charge in [-0.1, -0.05) is 79.4 Å². The molecule has 44 heavy (non-hydrogen) atoms. The van der Waals surface area contributed by atoms with Crippen LogP contribution in [0.4, 0.5) is 5.69 Å². The van der Waals surface area contributed by atoms with Crippen molar-refractivity contribution in [2.45, 2.75) is 83.8 Å². The van der Waals surface area contributed by atoms with E-state index in [1.807, 2.05) is 74.5 Å². The molecule has 236 valence electrons. The molecule has 2 amide bonds. The predicted octanol–water partition coefficient (Wildman–Crippen LogP) is 6.59. The summed E-state index contributed by atoms with van der Waals surface area (Å²) in [7, 11) is -3.58. The normalized spacial score (nSPS) is 14.5. The summed E-state index contributed by atoms with van der Waals surface area (Å²) < 4.78 is 26.9. The highest BCUT2D eigenvalue weighted by atomic mass is 35.5. The Kier molecular flexibility index (Phi) is 11.9. The average molecular weight is 638 g/mol. The smallest absolute Gasteiger partial charge is 0.243 e. The van der Waals surface area contributed by atoms with Crippen molar-refractivity contribution in [1.29, 1.82) is 0 Å². The number of hydrogen-bond donors (Lipinski definition) is 1. The Balaban J connectivity index is 1.59. The fourth-order valence-corrected chi connectivity index (χ4v) is 6.99. The summed E-state index contributed by atoms with van der Waals surface area (Å²) in [5.41, 5.74) is 4.42. The lowest BCUT2D eigenvalue weighted by Gasteiger charge is -2.34. The van der Waals surface area contributed by atoms with E-state index < -0.39 is 16.1 Å². The molecule has 4 rings (SSSR count). The van der Waals surface area contributed by atoms with E-state index in [0.717, 1.165) is 47.9 Å². The number of sulfonamides is 1. The Morgan fingerprint density at radius 3 is 2.27 bits per heavy atom. The first-order valence-electron chi connectivity index (χ1n) is 15.4. The maximum Gasteiger partial charge on any atom is 0.243 e. The molecule has 3 aromatic carbocycles. The zero-order chi connectivity index (χ0) is 31.7. The maximum absolute atomic E-state index is 14.1. The number of amides is 2. The second-order valence-corrected chi connectivity index (χ2v) is 14.3. The van der Waals surface area contributed by atoms with Crippen LogP contribution in [0.15, 0.2) is 72.8 Å². The van der Waals surface area contributed by atoms with Crippen molar-refractivity contribution in [3.63, 3.8) is 0 Å². The fourth-order valence-electron chi connectivity index (χ4n) is 5.81. The van der Waals surface area contributed by atoms with Crippen molar-refractivity contribution in [2.24, 2.45) is 0 Å². The van der Waals surface area contributed by atoms with Gasteiger partial charge in [-0.2, -0.15) is 0 Å². The quantitative estimate of drug-likeness (QED) is 0.229. The molecule has 0 unspecified atom stereocenters. The van der Waals surface area contributed by atoms with Gasteiger partial charge in [0.25, 0.3) is 0 Å². The Bertz CT molecular complexity index is 1520. The number of carbonyl (C=O) groups excluding carboxylic acids is 2. The maximum atomic E-state index is 14.1. The van der Waals surface area contributed by atoms with Gasteiger partial charge in [-0.3, -0.25) is 13.9 Å². The van der Waals surface area contributed by atoms with Gasteiger partial charge in [0.05, 0.1) is 11.9 Å². The third-order valence-electron chi connectivity index (χ3n) is 8.40. The summed E-state index contributed by atoms with van der Waals surface area (Å²) in [6.07, 6.45) is 7.13. The minimum Gasteiger partial charge on any atom is -0.352 e. The van der Waals surface area contributed by atoms with Crippen LogP contribution >= 0.6 is 11.6 Å². The van der Waals surface area contributed by atoms with Crippen LogP contribution in [0.1, 0.15) is 67.2 Å². The van der Waals surface area contributed by atoms with Gasteiger partial charge in [-0.25, -0.2) is 8.42 Å². The van der Waals surface area contributed by atoms with Gasteiger partial charge in [-0.15, -0.1) is 0 Å². The molecular weight excluding hydrogens is 594 g/mol. The Morgan fingerprint density at radius 1 is 0.909 bits per heavy atom. The number of halogens is 1. The molecule has 1 fully saturated rings. The highest BCUT2D eigenvalue weighted by Crippen LogP contribution is 2.24. The van der Waals surface area contributed by atoms with E-state index in [1.54, 1.807) is 17.0 Å². The van der Waals surface area contributed by atoms with E-state index in [-0.39, 0.29) is 37.4 Å². The van der Waals surface area contributed by atoms with Crippen molar-refractivity contribution in [1.82, 2.24) is 10.2 Å². The number of anilines is 1. The summed E-state index contributed by atoms with van der Waals surface area (Å²) in [5, 5.41) is 3.80. The standard InChI is InChI=1S/C35H44ClN3O4S/c1-26-19-20-32(22-27(26)2)39(44(3,42)43)21-11-18-34(40)38(25-29-14-10-15-30(36)23-29)33(24-28-12-6-4-7-13-28)35(41)37-31-16-8-5-9-17-31/h4,6-7,10,12-15,19-20,22-23,31,33H,5,8-9,11,16-18,21,24-25H2,1-3H3,(H,37,41)/t33-/m0/s1. The Hall–Kier alpha value is -3.36. The molecule has 1 saturated carbocycles. The minimum atomic E-state index is -3.58. The number of rotatable bonds is 13. The lowest BCUT2D eigenvalue weighted by molar-refractivity contribution is -0.141. The second kappa shape index (κ2) is 15.6. The van der Waals surface area contributed by atoms with E-state index in [1.165, 1.54) is 17.0 Å². The monoisotopic (exact) mass is 637 g/mol. The van der Waals surface area contributed by atoms with E-state index in [2.05, 4.69) is 5.32 Å². The van der Waals surface area contributed by atoms with Gasteiger partial charge in [0.2, 0.25) is 21.8 Å². The van der Waals surface area contributed by atoms with Crippen molar-refractivity contribution in [2.75, 3.05) is 17.1 Å². The SMILES string of the molecule is Cc1ccc(N(CCCC(=O)N(Cc2cccc(Cl)c2)[C@@H](Cc2ccccc2)C(=O)NC2CCCCC2)S(C)(=O)=O)cc1C. The molecular formula is C35H44ClN3O4S. The fraction of sp³-hybridized carbons (Fsp3) is 0.429. The van der Waals surface area contributed by atoms with Crippen molar-refractivity contribution >= 4 is 39.1 Å². The predicted molar refractivity (Wildman–Crippen MR) is 178 cm³/mol. The van der Waals surface area contributed by atoms with E-state index in [4.69, 9.17) is 11.6 Å². The molecule has 1 atom stereocenters. The van der Waals surface area contributed by atoms with E-state index in [9.17, 15) is 18.0 Å². The summed E-state index contributed by atoms with van der Waals surface area (Å²) in [6, 6.07) is 22.0. The van der Waals surface area contributed by atoms with Crippen molar-refractivity contribution in [3.8, 4) is 0 Å². The molecule has 1 aliphatic rings. The van der Waals surface area contributed by atoms with Gasteiger partial charge in [0, 0.05) is 37.0 Å². The zero-order valence-electron chi connectivity index (χ0n) is 26.0. The molecule has 0 bridgehead atoms. The number of carbonyl (C=O) groups is 2. The molecule has 0 saturated heterocycles. The van der Waals surface area contributed by atoms with Crippen LogP contribution in [0.3, 0.4) is 0 Å². The minimum absolute atomic E-state index is 0.0828. The molecule has 0 aliphatic heterocycles. The number of benzene rings is 3. The number of hydrogen-bond acceptors (Lipinski definition) is 4. The molecule has 0 heterocycles. The summed E-state index contributed by atoms with van der Waals surface area (Å²) in [5.74, 6) is -0.373. The molecule has 0 radical (unpaired) electrons. The number of aryl methyl sites for hydroxylation is 2. The Labute approximate surface area is 267 Å². The second-order valence-electron chi connectivity index (χ2n) is 11.9.